The topological polar surface area (TPSA) is 246 Å². The van der Waals surface area contributed by atoms with Crippen molar-refractivity contribution in [3.05, 3.63) is 94.5 Å². The van der Waals surface area contributed by atoms with E-state index >= 15 is 0 Å². The van der Waals surface area contributed by atoms with Crippen LogP contribution in [0.25, 0.3) is 43.1 Å². The maximum Gasteiger partial charge on any atom is 0.240 e. The Bertz CT molecular complexity index is 2570. The van der Waals surface area contributed by atoms with Crippen LogP contribution in [-0.4, -0.2) is 85.5 Å². The molecule has 0 amide bonds. The first-order chi connectivity index (χ1) is 28.2. The molecule has 1 saturated heterocycles. The number of anilines is 2. The van der Waals surface area contributed by atoms with Gasteiger partial charge in [-0.2, -0.15) is 0 Å². The molecular formula is C41H48N8O7S4. The minimum atomic E-state index is -3.80. The standard InChI is InChI=1S/C21H26N4O3S2.C20H22N4O4S2/c1-13-5-6-16(30(27,28)25-11-21(3,4)12-26)8-17(13)15-7-18(20(22)24-9-15)19-10-23-14(2)29-19;1-12-3-4-15(30(26,27)24-9-20(25)10-28-11-20)6-16(12)14-5-17(19(21)23-7-14)18-8-22-13(2)29-18/h5-10,25-26H,11-12H2,1-4H3,(H2,22,24);3-8,24-25H,9-11H2,1-2H3,(H2,21,23). The number of sulfonamides is 2. The molecular weight excluding hydrogens is 845 g/mol. The Kier molecular flexibility index (Phi) is 13.2. The van der Waals surface area contributed by atoms with Crippen LogP contribution in [-0.2, 0) is 24.8 Å². The summed E-state index contributed by atoms with van der Waals surface area (Å²) in [6.07, 6.45) is 6.79. The molecule has 8 N–H and O–H groups in total. The number of nitrogens with two attached hydrogens (primary N) is 2. The summed E-state index contributed by atoms with van der Waals surface area (Å²) in [5.41, 5.74) is 16.8. The van der Waals surface area contributed by atoms with Crippen LogP contribution in [0.15, 0.2) is 83.1 Å². The molecule has 4 aromatic heterocycles. The highest BCUT2D eigenvalue weighted by Crippen LogP contribution is 2.36. The highest BCUT2D eigenvalue weighted by atomic mass is 32.2. The molecule has 2 aromatic carbocycles. The Morgan fingerprint density at radius 2 is 1.15 bits per heavy atom. The van der Waals surface area contributed by atoms with E-state index in [1.165, 1.54) is 22.7 Å². The Balaban J connectivity index is 0.000000201. The fourth-order valence-electron chi connectivity index (χ4n) is 5.95. The van der Waals surface area contributed by atoms with E-state index in [9.17, 15) is 27.0 Å². The third-order valence-electron chi connectivity index (χ3n) is 9.77. The normalized spacial score (nSPS) is 14.0. The zero-order valence-corrected chi connectivity index (χ0v) is 37.2. The molecule has 6 aromatic rings. The summed E-state index contributed by atoms with van der Waals surface area (Å²) in [4.78, 5) is 19.3. The van der Waals surface area contributed by atoms with Crippen LogP contribution in [0.3, 0.4) is 0 Å². The minimum Gasteiger partial charge on any atom is -0.396 e. The van der Waals surface area contributed by atoms with E-state index in [2.05, 4.69) is 29.4 Å². The van der Waals surface area contributed by atoms with E-state index in [4.69, 9.17) is 16.2 Å². The highest BCUT2D eigenvalue weighted by molar-refractivity contribution is 7.89. The maximum atomic E-state index is 12.8. The number of benzene rings is 2. The molecule has 0 unspecified atom stereocenters. The van der Waals surface area contributed by atoms with Gasteiger partial charge in [-0.1, -0.05) is 26.0 Å². The monoisotopic (exact) mass is 892 g/mol. The Morgan fingerprint density at radius 1 is 0.700 bits per heavy atom. The SMILES string of the molecule is Cc1ncc(-c2cc(-c3cc(S(=O)(=O)NCC(C)(C)CO)ccc3C)cnc2N)s1.Cc1ncc(-c2cc(-c3cc(S(=O)(=O)NCC4(O)COC4)ccc3C)cnc2N)s1. The number of pyridine rings is 2. The van der Waals surface area contributed by atoms with E-state index in [-0.39, 0.29) is 42.7 Å². The number of ether oxygens (including phenoxy) is 1. The average Bonchev–Trinajstić information content (AvgIpc) is 3.84. The Morgan fingerprint density at radius 3 is 1.53 bits per heavy atom. The van der Waals surface area contributed by atoms with Crippen molar-refractivity contribution in [1.29, 1.82) is 0 Å². The van der Waals surface area contributed by atoms with Gasteiger partial charge in [0.2, 0.25) is 20.0 Å². The summed E-state index contributed by atoms with van der Waals surface area (Å²) in [7, 11) is -7.53. The smallest absolute Gasteiger partial charge is 0.240 e. The first-order valence-electron chi connectivity index (χ1n) is 18.7. The average molecular weight is 893 g/mol. The number of aliphatic hydroxyl groups is 2. The van der Waals surface area contributed by atoms with Crippen LogP contribution < -0.4 is 20.9 Å². The number of rotatable bonds is 13. The number of nitrogen functional groups attached to an aromatic ring is 2. The number of hydrogen-bond acceptors (Lipinski definition) is 15. The lowest BCUT2D eigenvalue weighted by molar-refractivity contribution is -0.172. The molecule has 15 nitrogen and oxygen atoms in total. The molecule has 5 heterocycles. The summed E-state index contributed by atoms with van der Waals surface area (Å²) in [5, 5.41) is 21.3. The fraction of sp³-hybridized carbons (Fsp3) is 0.317. The molecule has 0 bridgehead atoms. The quantitative estimate of drug-likeness (QED) is 0.0843. The van der Waals surface area contributed by atoms with Gasteiger partial charge in [0, 0.05) is 72.2 Å². The zero-order valence-electron chi connectivity index (χ0n) is 34.0. The summed E-state index contributed by atoms with van der Waals surface area (Å²) in [5.74, 6) is 0.790. The van der Waals surface area contributed by atoms with Gasteiger partial charge in [-0.3, -0.25) is 0 Å². The van der Waals surface area contributed by atoms with Crippen LogP contribution in [0.4, 0.5) is 11.6 Å². The second kappa shape index (κ2) is 17.7. The first-order valence-corrected chi connectivity index (χ1v) is 23.3. The molecule has 1 aliphatic rings. The van der Waals surface area contributed by atoms with Gasteiger partial charge in [-0.15, -0.1) is 22.7 Å². The number of nitrogens with zero attached hydrogens (tertiary/aromatic N) is 4. The lowest BCUT2D eigenvalue weighted by atomic mass is 9.96. The van der Waals surface area contributed by atoms with Crippen molar-refractivity contribution in [2.75, 3.05) is 44.4 Å². The van der Waals surface area contributed by atoms with Gasteiger partial charge in [0.25, 0.3) is 0 Å². The van der Waals surface area contributed by atoms with Gasteiger partial charge >= 0.3 is 0 Å². The first kappa shape index (κ1) is 44.8. The van der Waals surface area contributed by atoms with Crippen molar-refractivity contribution in [2.45, 2.75) is 56.9 Å². The predicted molar refractivity (Wildman–Crippen MR) is 236 cm³/mol. The molecule has 7 rings (SSSR count). The highest BCUT2D eigenvalue weighted by Gasteiger charge is 2.37. The van der Waals surface area contributed by atoms with Crippen molar-refractivity contribution in [1.82, 2.24) is 29.4 Å². The molecule has 0 atom stereocenters. The van der Waals surface area contributed by atoms with Crippen LogP contribution >= 0.6 is 22.7 Å². The maximum absolute atomic E-state index is 12.8. The number of aromatic nitrogens is 4. The summed E-state index contributed by atoms with van der Waals surface area (Å²) >= 11 is 3.04. The zero-order chi connectivity index (χ0) is 43.6. The van der Waals surface area contributed by atoms with Gasteiger partial charge in [0.15, 0.2) is 0 Å². The number of hydrogen-bond donors (Lipinski definition) is 6. The van der Waals surface area contributed by atoms with Gasteiger partial charge in [0.1, 0.15) is 17.2 Å². The van der Waals surface area contributed by atoms with Crippen molar-refractivity contribution in [3.63, 3.8) is 0 Å². The molecule has 0 spiro atoms. The van der Waals surface area contributed by atoms with Gasteiger partial charge in [-0.05, 0) is 86.3 Å². The summed E-state index contributed by atoms with van der Waals surface area (Å²) < 4.78 is 61.1. The van der Waals surface area contributed by atoms with E-state index < -0.39 is 31.1 Å². The molecule has 318 valence electrons. The van der Waals surface area contributed by atoms with Gasteiger partial charge < -0.3 is 26.4 Å². The van der Waals surface area contributed by atoms with E-state index in [0.29, 0.717) is 11.6 Å². The molecule has 0 aliphatic carbocycles. The second-order valence-corrected chi connectivity index (χ2v) is 21.4. The molecule has 60 heavy (non-hydrogen) atoms. The van der Waals surface area contributed by atoms with E-state index in [1.807, 2.05) is 39.8 Å². The Hall–Kier alpha value is -4.70. The van der Waals surface area contributed by atoms with Crippen LogP contribution in [0, 0.1) is 33.1 Å². The molecule has 1 fully saturated rings. The van der Waals surface area contributed by atoms with E-state index in [1.54, 1.807) is 75.0 Å². The van der Waals surface area contributed by atoms with Crippen LogP contribution in [0.5, 0.6) is 0 Å². The lowest BCUT2D eigenvalue weighted by Gasteiger charge is -2.36. The largest absolute Gasteiger partial charge is 0.396 e. The number of thiazole rings is 2. The van der Waals surface area contributed by atoms with Crippen molar-refractivity contribution < 1.29 is 31.8 Å². The van der Waals surface area contributed by atoms with Crippen LogP contribution in [0.1, 0.15) is 35.0 Å². The number of nitrogens with one attached hydrogen (secondary N) is 2. The lowest BCUT2D eigenvalue weighted by Crippen LogP contribution is -2.56. The second-order valence-electron chi connectivity index (χ2n) is 15.4. The van der Waals surface area contributed by atoms with Gasteiger partial charge in [-0.25, -0.2) is 46.2 Å². The summed E-state index contributed by atoms with van der Waals surface area (Å²) in [6, 6.07) is 13.7. The molecule has 0 saturated carbocycles. The molecule has 0 radical (unpaired) electrons. The predicted octanol–water partition coefficient (Wildman–Crippen LogP) is 5.48. The van der Waals surface area contributed by atoms with Gasteiger partial charge in [0.05, 0.1) is 42.8 Å². The van der Waals surface area contributed by atoms with Crippen molar-refractivity contribution in [2.24, 2.45) is 5.41 Å². The number of aliphatic hydroxyl groups excluding tert-OH is 1. The third-order valence-corrected chi connectivity index (χ3v) is 14.5. The van der Waals surface area contributed by atoms with Crippen LogP contribution in [0.2, 0.25) is 0 Å². The minimum absolute atomic E-state index is 0.100. The van der Waals surface area contributed by atoms with E-state index in [0.717, 1.165) is 64.3 Å². The molecule has 1 aliphatic heterocycles. The third kappa shape index (κ3) is 10.4. The fourth-order valence-corrected chi connectivity index (χ4v) is 9.97. The molecule has 19 heteroatoms. The van der Waals surface area contributed by atoms with Crippen molar-refractivity contribution in [3.8, 4) is 43.1 Å². The Labute approximate surface area is 358 Å². The van der Waals surface area contributed by atoms with Crippen molar-refractivity contribution >= 4 is 54.4 Å². The summed E-state index contributed by atoms with van der Waals surface area (Å²) in [6.45, 7) is 11.4. The number of aryl methyl sites for hydroxylation is 4.